The molecule has 2 heteroatoms. The van der Waals surface area contributed by atoms with Gasteiger partial charge < -0.3 is 0 Å². The maximum Gasteiger partial charge on any atom is 0.103 e. The van der Waals surface area contributed by atoms with Crippen LogP contribution in [0, 0.1) is 0 Å². The van der Waals surface area contributed by atoms with Gasteiger partial charge in [0, 0.05) is 4.37 Å². The molecule has 0 fully saturated rings. The van der Waals surface area contributed by atoms with Gasteiger partial charge in [0.25, 0.3) is 0 Å². The lowest BCUT2D eigenvalue weighted by molar-refractivity contribution is 0.851. The molecule has 0 bridgehead atoms. The Hall–Kier alpha value is -0.473. The van der Waals surface area contributed by atoms with Gasteiger partial charge in [-0.3, -0.25) is 0 Å². The summed E-state index contributed by atoms with van der Waals surface area (Å²) in [5, 5.41) is 1.65. The Balaban J connectivity index is 2.42. The van der Waals surface area contributed by atoms with Gasteiger partial charge in [0.05, 0.1) is 0 Å². The predicted octanol–water partition coefficient (Wildman–Crippen LogP) is 5.84. The van der Waals surface area contributed by atoms with Crippen molar-refractivity contribution in [1.82, 2.24) is 0 Å². The molecule has 0 nitrogen and oxygen atoms in total. The van der Waals surface area contributed by atoms with E-state index in [1.54, 1.807) is 10.8 Å². The van der Waals surface area contributed by atoms with Crippen molar-refractivity contribution < 1.29 is 0 Å². The first kappa shape index (κ1) is 15.9. The third-order valence-electron chi connectivity index (χ3n) is 4.85. The monoisotopic (exact) mass is 304 g/mol. The first-order valence-corrected chi connectivity index (χ1v) is 11.8. The van der Waals surface area contributed by atoms with Gasteiger partial charge in [0.1, 0.15) is 8.07 Å². The van der Waals surface area contributed by atoms with Crippen molar-refractivity contribution >= 4 is 19.8 Å². The summed E-state index contributed by atoms with van der Waals surface area (Å²) in [6.45, 7) is 12.0. The molecule has 20 heavy (non-hydrogen) atoms. The van der Waals surface area contributed by atoms with Crippen LogP contribution in [0.1, 0.15) is 40.0 Å². The zero-order valence-corrected chi connectivity index (χ0v) is 15.4. The van der Waals surface area contributed by atoms with E-state index in [9.17, 15) is 0 Å². The molecule has 0 aromatic rings. The van der Waals surface area contributed by atoms with Gasteiger partial charge in [-0.2, -0.15) is 11.8 Å². The maximum atomic E-state index is 2.57. The molecule has 0 amide bonds. The Morgan fingerprint density at radius 3 is 2.55 bits per heavy atom. The third kappa shape index (κ3) is 2.65. The molecule has 2 rings (SSSR count). The van der Waals surface area contributed by atoms with Gasteiger partial charge in [-0.15, -0.1) is 0 Å². The molecule has 0 saturated carbocycles. The van der Waals surface area contributed by atoms with Crippen molar-refractivity contribution in [2.24, 2.45) is 0 Å². The first-order valence-electron chi connectivity index (χ1n) is 7.80. The van der Waals surface area contributed by atoms with E-state index >= 15 is 0 Å². The van der Waals surface area contributed by atoms with Crippen LogP contribution in [0.5, 0.6) is 0 Å². The van der Waals surface area contributed by atoms with E-state index < -0.39 is 8.07 Å². The van der Waals surface area contributed by atoms with Crippen LogP contribution >= 0.6 is 11.8 Å². The highest BCUT2D eigenvalue weighted by Crippen LogP contribution is 2.50. The zero-order chi connectivity index (χ0) is 14.8. The average molecular weight is 305 g/mol. The molecule has 0 radical (unpaired) electrons. The lowest BCUT2D eigenvalue weighted by atomic mass is 10.0. The van der Waals surface area contributed by atoms with Crippen LogP contribution in [0.4, 0.5) is 0 Å². The van der Waals surface area contributed by atoms with E-state index in [-0.39, 0.29) is 0 Å². The van der Waals surface area contributed by atoms with Crippen LogP contribution in [0.2, 0.25) is 13.1 Å². The van der Waals surface area contributed by atoms with E-state index in [2.05, 4.69) is 76.0 Å². The molecule has 1 unspecified atom stereocenters. The molecule has 2 aliphatic carbocycles. The largest absolute Gasteiger partial charge is 0.153 e. The molecule has 0 heterocycles. The molecule has 0 aromatic carbocycles. The van der Waals surface area contributed by atoms with Crippen LogP contribution in [0.3, 0.4) is 0 Å². The number of hydrogen-bond donors (Lipinski definition) is 0. The minimum Gasteiger partial charge on any atom is -0.153 e. The van der Waals surface area contributed by atoms with Crippen molar-refractivity contribution in [3.05, 3.63) is 46.7 Å². The van der Waals surface area contributed by atoms with Gasteiger partial charge in [-0.05, 0) is 38.9 Å². The second kappa shape index (κ2) is 6.11. The second-order valence-corrected chi connectivity index (χ2v) is 13.0. The quantitative estimate of drug-likeness (QED) is 0.575. The van der Waals surface area contributed by atoms with Gasteiger partial charge >= 0.3 is 0 Å². The highest BCUT2D eigenvalue weighted by Gasteiger charge is 2.50. The summed E-state index contributed by atoms with van der Waals surface area (Å²) in [5.41, 5.74) is 3.05. The topological polar surface area (TPSA) is 0 Å². The van der Waals surface area contributed by atoms with Crippen LogP contribution in [0.15, 0.2) is 46.7 Å². The highest BCUT2D eigenvalue weighted by molar-refractivity contribution is 8.02. The summed E-state index contributed by atoms with van der Waals surface area (Å²) in [5.74, 6) is 1.27. The summed E-state index contributed by atoms with van der Waals surface area (Å²) in [4.78, 5) is 0. The summed E-state index contributed by atoms with van der Waals surface area (Å²) < 4.78 is 0.350. The minimum absolute atomic E-state index is 0.350. The minimum atomic E-state index is -1.53. The molecule has 1 atom stereocenters. The molecular formula is C18H28SSi. The Bertz CT molecular complexity index is 494. The van der Waals surface area contributed by atoms with Gasteiger partial charge in [-0.1, -0.05) is 66.7 Å². The summed E-state index contributed by atoms with van der Waals surface area (Å²) in [6.07, 6.45) is 15.7. The van der Waals surface area contributed by atoms with Crippen molar-refractivity contribution in [3.8, 4) is 0 Å². The van der Waals surface area contributed by atoms with Crippen molar-refractivity contribution in [3.63, 3.8) is 0 Å². The van der Waals surface area contributed by atoms with Crippen molar-refractivity contribution in [2.75, 3.05) is 5.75 Å². The fraction of sp³-hybridized carbons (Fsp3) is 0.556. The molecular weight excluding hydrogens is 276 g/mol. The Kier molecular flexibility index (Phi) is 4.86. The molecule has 110 valence electrons. The molecule has 0 saturated heterocycles. The summed E-state index contributed by atoms with van der Waals surface area (Å²) in [7, 11) is -1.53. The zero-order valence-electron chi connectivity index (χ0n) is 13.6. The fourth-order valence-electron chi connectivity index (χ4n) is 3.51. The third-order valence-corrected chi connectivity index (χ3v) is 12.8. The molecule has 0 aliphatic heterocycles. The van der Waals surface area contributed by atoms with Gasteiger partial charge in [0.15, 0.2) is 0 Å². The Morgan fingerprint density at radius 2 is 2.00 bits per heavy atom. The van der Waals surface area contributed by atoms with E-state index in [1.165, 1.54) is 24.2 Å². The molecule has 0 aromatic heterocycles. The summed E-state index contributed by atoms with van der Waals surface area (Å²) in [6, 6.07) is 0. The number of thioether (sulfide) groups is 1. The normalized spacial score (nSPS) is 26.4. The van der Waals surface area contributed by atoms with E-state index in [1.807, 2.05) is 0 Å². The summed E-state index contributed by atoms with van der Waals surface area (Å²) >= 11 is 2.22. The molecule has 2 aliphatic rings. The van der Waals surface area contributed by atoms with Gasteiger partial charge in [-0.25, -0.2) is 0 Å². The van der Waals surface area contributed by atoms with E-state index in [0.717, 1.165) is 6.42 Å². The molecule has 0 N–H and O–H groups in total. The number of rotatable bonds is 5. The maximum absolute atomic E-state index is 2.57. The average Bonchev–Trinajstić information content (AvgIpc) is 2.92. The van der Waals surface area contributed by atoms with Crippen LogP contribution in [-0.2, 0) is 0 Å². The van der Waals surface area contributed by atoms with Crippen molar-refractivity contribution in [2.45, 2.75) is 57.5 Å². The standard InChI is InChI=1S/C18H28SSi/c1-6-13-19-18(12-11-15(2)14-16(18)3)20(4,5)17-9-7-8-10-17/h7,9-11,14H,6,8,12-13H2,1-5H3. The fourth-order valence-corrected chi connectivity index (χ4v) is 9.96. The SMILES string of the molecule is CCCSC1([Si](C)(C)C2=CCC=C2)CC=C(C)C=C1C. The van der Waals surface area contributed by atoms with E-state index in [4.69, 9.17) is 0 Å². The lowest BCUT2D eigenvalue weighted by Gasteiger charge is -2.48. The molecule has 0 spiro atoms. The van der Waals surface area contributed by atoms with E-state index in [0.29, 0.717) is 4.37 Å². The lowest BCUT2D eigenvalue weighted by Crippen LogP contribution is -2.54. The van der Waals surface area contributed by atoms with Crippen molar-refractivity contribution in [1.29, 1.82) is 0 Å². The smallest absolute Gasteiger partial charge is 0.103 e. The number of allylic oxidation sites excluding steroid dienone is 7. The Morgan fingerprint density at radius 1 is 1.25 bits per heavy atom. The second-order valence-electron chi connectivity index (χ2n) is 6.58. The predicted molar refractivity (Wildman–Crippen MR) is 96.9 cm³/mol. The first-order chi connectivity index (χ1) is 9.44. The highest BCUT2D eigenvalue weighted by atomic mass is 32.2. The van der Waals surface area contributed by atoms with Crippen LogP contribution < -0.4 is 0 Å². The van der Waals surface area contributed by atoms with Crippen LogP contribution in [-0.4, -0.2) is 18.2 Å². The Labute approximate surface area is 130 Å². The number of hydrogen-bond acceptors (Lipinski definition) is 1. The van der Waals surface area contributed by atoms with Crippen LogP contribution in [0.25, 0.3) is 0 Å². The van der Waals surface area contributed by atoms with Gasteiger partial charge in [0.2, 0.25) is 0 Å².